The molecule has 0 aliphatic heterocycles. The van der Waals surface area contributed by atoms with Crippen LogP contribution < -0.4 is 5.32 Å². The first kappa shape index (κ1) is 13.4. The zero-order chi connectivity index (χ0) is 13.8. The third-order valence-electron chi connectivity index (χ3n) is 4.51. The quantitative estimate of drug-likeness (QED) is 0.846. The lowest BCUT2D eigenvalue weighted by atomic mass is 9.93. The van der Waals surface area contributed by atoms with Crippen molar-refractivity contribution in [3.8, 4) is 0 Å². The van der Waals surface area contributed by atoms with Crippen LogP contribution in [0.15, 0.2) is 60.7 Å². The zero-order valence-corrected chi connectivity index (χ0v) is 12.1. The first-order valence-electron chi connectivity index (χ1n) is 7.70. The van der Waals surface area contributed by atoms with Gasteiger partial charge in [-0.3, -0.25) is 0 Å². The van der Waals surface area contributed by atoms with Crippen molar-refractivity contribution in [2.24, 2.45) is 0 Å². The summed E-state index contributed by atoms with van der Waals surface area (Å²) in [4.78, 5) is 0. The third kappa shape index (κ3) is 2.94. The van der Waals surface area contributed by atoms with Gasteiger partial charge >= 0.3 is 0 Å². The number of rotatable bonds is 4. The van der Waals surface area contributed by atoms with Crippen LogP contribution in [-0.2, 0) is 0 Å². The highest BCUT2D eigenvalue weighted by Crippen LogP contribution is 2.35. The molecule has 2 aromatic rings. The number of hydrogen-bond donors (Lipinski definition) is 1. The van der Waals surface area contributed by atoms with Gasteiger partial charge < -0.3 is 5.32 Å². The van der Waals surface area contributed by atoms with E-state index in [2.05, 4.69) is 72.9 Å². The van der Waals surface area contributed by atoms with Gasteiger partial charge in [0.15, 0.2) is 0 Å². The Morgan fingerprint density at radius 3 is 2.25 bits per heavy atom. The SMILES string of the molecule is CC(N[C@@H]1CCC[C@@H]1c1ccccc1)c1ccccc1. The van der Waals surface area contributed by atoms with Crippen molar-refractivity contribution in [2.45, 2.75) is 44.2 Å². The van der Waals surface area contributed by atoms with E-state index in [4.69, 9.17) is 0 Å². The Balaban J connectivity index is 1.70. The summed E-state index contributed by atoms with van der Waals surface area (Å²) in [7, 11) is 0. The van der Waals surface area contributed by atoms with Gasteiger partial charge in [0.1, 0.15) is 0 Å². The van der Waals surface area contributed by atoms with Crippen molar-refractivity contribution in [2.75, 3.05) is 0 Å². The minimum absolute atomic E-state index is 0.422. The highest BCUT2D eigenvalue weighted by Gasteiger charge is 2.29. The Labute approximate surface area is 122 Å². The molecule has 20 heavy (non-hydrogen) atoms. The van der Waals surface area contributed by atoms with Crippen LogP contribution in [0.4, 0.5) is 0 Å². The van der Waals surface area contributed by atoms with Crippen molar-refractivity contribution in [3.05, 3.63) is 71.8 Å². The smallest absolute Gasteiger partial charge is 0.0294 e. The first-order chi connectivity index (χ1) is 9.84. The molecule has 1 saturated carbocycles. The molecule has 0 saturated heterocycles. The molecule has 0 aromatic heterocycles. The Kier molecular flexibility index (Phi) is 4.17. The molecule has 1 unspecified atom stereocenters. The summed E-state index contributed by atoms with van der Waals surface area (Å²) < 4.78 is 0. The molecule has 1 fully saturated rings. The molecule has 3 atom stereocenters. The van der Waals surface area contributed by atoms with Crippen molar-refractivity contribution in [1.29, 1.82) is 0 Å². The van der Waals surface area contributed by atoms with E-state index in [1.807, 2.05) is 0 Å². The summed E-state index contributed by atoms with van der Waals surface area (Å²) in [5.41, 5.74) is 2.87. The van der Waals surface area contributed by atoms with Gasteiger partial charge in [0.05, 0.1) is 0 Å². The predicted octanol–water partition coefficient (Wildman–Crippen LogP) is 4.67. The lowest BCUT2D eigenvalue weighted by Gasteiger charge is -2.25. The van der Waals surface area contributed by atoms with E-state index < -0.39 is 0 Å². The van der Waals surface area contributed by atoms with Crippen LogP contribution in [0.1, 0.15) is 49.3 Å². The Hall–Kier alpha value is -1.60. The largest absolute Gasteiger partial charge is 0.307 e. The summed E-state index contributed by atoms with van der Waals surface area (Å²) in [6, 6.07) is 22.7. The number of benzene rings is 2. The van der Waals surface area contributed by atoms with Gasteiger partial charge in [-0.15, -0.1) is 0 Å². The summed E-state index contributed by atoms with van der Waals surface area (Å²) >= 11 is 0. The Morgan fingerprint density at radius 1 is 0.900 bits per heavy atom. The van der Waals surface area contributed by atoms with Gasteiger partial charge in [0.2, 0.25) is 0 Å². The van der Waals surface area contributed by atoms with Crippen molar-refractivity contribution < 1.29 is 0 Å². The van der Waals surface area contributed by atoms with Crippen LogP contribution in [-0.4, -0.2) is 6.04 Å². The fraction of sp³-hybridized carbons (Fsp3) is 0.368. The molecule has 0 heterocycles. The number of nitrogens with one attached hydrogen (secondary N) is 1. The molecule has 1 nitrogen and oxygen atoms in total. The fourth-order valence-electron chi connectivity index (χ4n) is 3.42. The molecule has 1 heteroatoms. The molecule has 0 radical (unpaired) electrons. The highest BCUT2D eigenvalue weighted by molar-refractivity contribution is 5.24. The zero-order valence-electron chi connectivity index (χ0n) is 12.1. The second-order valence-electron chi connectivity index (χ2n) is 5.85. The molecule has 0 spiro atoms. The average Bonchev–Trinajstić information content (AvgIpc) is 2.97. The lowest BCUT2D eigenvalue weighted by Crippen LogP contribution is -2.33. The van der Waals surface area contributed by atoms with Crippen LogP contribution in [0, 0.1) is 0 Å². The maximum Gasteiger partial charge on any atom is 0.0294 e. The summed E-state index contributed by atoms with van der Waals surface area (Å²) in [6.45, 7) is 2.27. The monoisotopic (exact) mass is 265 g/mol. The van der Waals surface area contributed by atoms with Crippen molar-refractivity contribution >= 4 is 0 Å². The van der Waals surface area contributed by atoms with E-state index in [1.165, 1.54) is 30.4 Å². The summed E-state index contributed by atoms with van der Waals surface area (Å²) in [5.74, 6) is 0.669. The molecule has 1 N–H and O–H groups in total. The topological polar surface area (TPSA) is 12.0 Å². The first-order valence-corrected chi connectivity index (χ1v) is 7.70. The third-order valence-corrected chi connectivity index (χ3v) is 4.51. The molecule has 2 aromatic carbocycles. The van der Waals surface area contributed by atoms with Crippen LogP contribution in [0.25, 0.3) is 0 Å². The predicted molar refractivity (Wildman–Crippen MR) is 84.8 cm³/mol. The molecule has 1 aliphatic carbocycles. The van der Waals surface area contributed by atoms with Crippen LogP contribution in [0.5, 0.6) is 0 Å². The molecular formula is C19H23N. The lowest BCUT2D eigenvalue weighted by molar-refractivity contribution is 0.428. The average molecular weight is 265 g/mol. The molecule has 3 rings (SSSR count). The van der Waals surface area contributed by atoms with Crippen LogP contribution >= 0.6 is 0 Å². The van der Waals surface area contributed by atoms with E-state index in [0.29, 0.717) is 18.0 Å². The van der Waals surface area contributed by atoms with E-state index in [-0.39, 0.29) is 0 Å². The highest BCUT2D eigenvalue weighted by atomic mass is 15.0. The van der Waals surface area contributed by atoms with E-state index in [9.17, 15) is 0 Å². The van der Waals surface area contributed by atoms with Crippen LogP contribution in [0.3, 0.4) is 0 Å². The number of hydrogen-bond acceptors (Lipinski definition) is 1. The van der Waals surface area contributed by atoms with Gasteiger partial charge in [-0.1, -0.05) is 67.1 Å². The fourth-order valence-corrected chi connectivity index (χ4v) is 3.42. The minimum atomic E-state index is 0.422. The second-order valence-corrected chi connectivity index (χ2v) is 5.85. The molecule has 0 bridgehead atoms. The van der Waals surface area contributed by atoms with Gasteiger partial charge in [0, 0.05) is 12.1 Å². The maximum atomic E-state index is 3.84. The Morgan fingerprint density at radius 2 is 1.55 bits per heavy atom. The molecule has 0 amide bonds. The van der Waals surface area contributed by atoms with Crippen molar-refractivity contribution in [1.82, 2.24) is 5.32 Å². The van der Waals surface area contributed by atoms with E-state index in [0.717, 1.165) is 0 Å². The maximum absolute atomic E-state index is 3.84. The van der Waals surface area contributed by atoms with Crippen molar-refractivity contribution in [3.63, 3.8) is 0 Å². The van der Waals surface area contributed by atoms with E-state index >= 15 is 0 Å². The normalized spacial score (nSPS) is 23.6. The van der Waals surface area contributed by atoms with E-state index in [1.54, 1.807) is 0 Å². The van der Waals surface area contributed by atoms with Gasteiger partial charge in [-0.05, 0) is 36.8 Å². The van der Waals surface area contributed by atoms with Gasteiger partial charge in [-0.2, -0.15) is 0 Å². The van der Waals surface area contributed by atoms with Gasteiger partial charge in [0.25, 0.3) is 0 Å². The standard InChI is InChI=1S/C19H23N/c1-15(16-9-4-2-5-10-16)20-19-14-8-13-18(19)17-11-6-3-7-12-17/h2-7,9-12,15,18-20H,8,13-14H2,1H3/t15?,18-,19-/m1/s1. The minimum Gasteiger partial charge on any atom is -0.307 e. The molecule has 1 aliphatic rings. The summed E-state index contributed by atoms with van der Waals surface area (Å²) in [6.07, 6.45) is 3.93. The van der Waals surface area contributed by atoms with Crippen LogP contribution in [0.2, 0.25) is 0 Å². The summed E-state index contributed by atoms with van der Waals surface area (Å²) in [5, 5.41) is 3.84. The van der Waals surface area contributed by atoms with Gasteiger partial charge in [-0.25, -0.2) is 0 Å². The second kappa shape index (κ2) is 6.23. The Bertz CT molecular complexity index is 520. The molecular weight excluding hydrogens is 242 g/mol. The molecule has 104 valence electrons.